The van der Waals surface area contributed by atoms with Crippen molar-refractivity contribution in [3.8, 4) is 0 Å². The van der Waals surface area contributed by atoms with Gasteiger partial charge < -0.3 is 10.2 Å². The highest BCUT2D eigenvalue weighted by Crippen LogP contribution is 2.21. The molecule has 1 aromatic rings. The van der Waals surface area contributed by atoms with Crippen molar-refractivity contribution in [1.29, 1.82) is 0 Å². The smallest absolute Gasteiger partial charge is 0.183 e. The molecule has 1 N–H and O–H groups in total. The highest BCUT2D eigenvalue weighted by atomic mass is 79.9. The number of halogens is 1. The highest BCUT2D eigenvalue weighted by Gasteiger charge is 2.20. The molecule has 3 nitrogen and oxygen atoms in total. The van der Waals surface area contributed by atoms with Crippen molar-refractivity contribution in [3.05, 3.63) is 9.98 Å². The van der Waals surface area contributed by atoms with E-state index in [1.54, 1.807) is 11.3 Å². The number of aromatic nitrogens is 1. The molecule has 1 saturated heterocycles. The Kier molecular flexibility index (Phi) is 3.99. The van der Waals surface area contributed by atoms with Crippen LogP contribution in [-0.4, -0.2) is 36.1 Å². The standard InChI is InChI=1S/C10H16BrN3S/c1-2-14-4-3-8(6-14)5-12-10-13-9(11)7-15-10/h7-8H,2-6H2,1H3,(H,12,13). The number of rotatable bonds is 4. The zero-order valence-electron chi connectivity index (χ0n) is 8.87. The van der Waals surface area contributed by atoms with E-state index in [0.717, 1.165) is 22.2 Å². The molecule has 1 aliphatic heterocycles. The first kappa shape index (κ1) is 11.4. The first-order chi connectivity index (χ1) is 7.28. The van der Waals surface area contributed by atoms with Crippen LogP contribution in [0.2, 0.25) is 0 Å². The fourth-order valence-corrected chi connectivity index (χ4v) is 3.09. The summed E-state index contributed by atoms with van der Waals surface area (Å²) in [7, 11) is 0. The summed E-state index contributed by atoms with van der Waals surface area (Å²) in [6.07, 6.45) is 1.31. The van der Waals surface area contributed by atoms with Gasteiger partial charge in [-0.2, -0.15) is 0 Å². The minimum absolute atomic E-state index is 0.785. The third-order valence-corrected chi connectivity index (χ3v) is 4.34. The maximum Gasteiger partial charge on any atom is 0.183 e. The van der Waals surface area contributed by atoms with E-state index >= 15 is 0 Å². The molecule has 0 aliphatic carbocycles. The van der Waals surface area contributed by atoms with Crippen molar-refractivity contribution in [3.63, 3.8) is 0 Å². The SMILES string of the molecule is CCN1CCC(CNc2nc(Br)cs2)C1. The van der Waals surface area contributed by atoms with Crippen molar-refractivity contribution in [1.82, 2.24) is 9.88 Å². The monoisotopic (exact) mass is 289 g/mol. The number of nitrogens with one attached hydrogen (secondary N) is 1. The van der Waals surface area contributed by atoms with Crippen LogP contribution in [0, 0.1) is 5.92 Å². The van der Waals surface area contributed by atoms with Gasteiger partial charge in [0.25, 0.3) is 0 Å². The van der Waals surface area contributed by atoms with Crippen molar-refractivity contribution in [2.75, 3.05) is 31.5 Å². The van der Waals surface area contributed by atoms with Crippen LogP contribution in [0.5, 0.6) is 0 Å². The predicted octanol–water partition coefficient (Wildman–Crippen LogP) is 2.66. The second-order valence-electron chi connectivity index (χ2n) is 3.90. The molecule has 1 fully saturated rings. The molecule has 15 heavy (non-hydrogen) atoms. The Labute approximate surface area is 103 Å². The summed E-state index contributed by atoms with van der Waals surface area (Å²) >= 11 is 5.01. The van der Waals surface area contributed by atoms with E-state index in [2.05, 4.69) is 38.1 Å². The molecular formula is C10H16BrN3S. The predicted molar refractivity (Wildman–Crippen MR) is 68.5 cm³/mol. The van der Waals surface area contributed by atoms with E-state index < -0.39 is 0 Å². The maximum atomic E-state index is 4.32. The van der Waals surface area contributed by atoms with Gasteiger partial charge >= 0.3 is 0 Å². The van der Waals surface area contributed by atoms with Gasteiger partial charge in [-0.25, -0.2) is 4.98 Å². The molecule has 2 heterocycles. The van der Waals surface area contributed by atoms with Gasteiger partial charge in [-0.15, -0.1) is 11.3 Å². The van der Waals surface area contributed by atoms with Crippen LogP contribution in [0.1, 0.15) is 13.3 Å². The van der Waals surface area contributed by atoms with Gasteiger partial charge in [-0.3, -0.25) is 0 Å². The highest BCUT2D eigenvalue weighted by molar-refractivity contribution is 9.10. The van der Waals surface area contributed by atoms with E-state index in [1.807, 2.05) is 5.38 Å². The van der Waals surface area contributed by atoms with E-state index in [-0.39, 0.29) is 0 Å². The van der Waals surface area contributed by atoms with Gasteiger partial charge in [0, 0.05) is 18.5 Å². The van der Waals surface area contributed by atoms with E-state index in [0.29, 0.717) is 0 Å². The van der Waals surface area contributed by atoms with Crippen molar-refractivity contribution < 1.29 is 0 Å². The second kappa shape index (κ2) is 5.27. The van der Waals surface area contributed by atoms with Crippen LogP contribution >= 0.6 is 27.3 Å². The lowest BCUT2D eigenvalue weighted by molar-refractivity contribution is 0.345. The van der Waals surface area contributed by atoms with Crippen LogP contribution < -0.4 is 5.32 Å². The Morgan fingerprint density at radius 2 is 2.60 bits per heavy atom. The number of likely N-dealkylation sites (tertiary alicyclic amines) is 1. The number of hydrogen-bond acceptors (Lipinski definition) is 4. The Morgan fingerprint density at radius 1 is 1.73 bits per heavy atom. The lowest BCUT2D eigenvalue weighted by Gasteiger charge is -2.13. The molecule has 1 aromatic heterocycles. The lowest BCUT2D eigenvalue weighted by atomic mass is 10.1. The number of hydrogen-bond donors (Lipinski definition) is 1. The molecule has 1 unspecified atom stereocenters. The van der Waals surface area contributed by atoms with Crippen molar-refractivity contribution in [2.24, 2.45) is 5.92 Å². The summed E-state index contributed by atoms with van der Waals surface area (Å²) in [5, 5.41) is 6.44. The first-order valence-corrected chi connectivity index (χ1v) is 7.02. The summed E-state index contributed by atoms with van der Waals surface area (Å²) in [5.41, 5.74) is 0. The van der Waals surface area contributed by atoms with Crippen LogP contribution in [0.15, 0.2) is 9.98 Å². The van der Waals surface area contributed by atoms with Gasteiger partial charge in [-0.05, 0) is 41.4 Å². The fourth-order valence-electron chi connectivity index (χ4n) is 1.93. The largest absolute Gasteiger partial charge is 0.361 e. The third kappa shape index (κ3) is 3.16. The number of nitrogens with zero attached hydrogens (tertiary/aromatic N) is 2. The van der Waals surface area contributed by atoms with Gasteiger partial charge in [0.15, 0.2) is 5.13 Å². The third-order valence-electron chi connectivity index (χ3n) is 2.84. The molecule has 84 valence electrons. The van der Waals surface area contributed by atoms with Gasteiger partial charge in [0.2, 0.25) is 0 Å². The zero-order chi connectivity index (χ0) is 10.7. The minimum atomic E-state index is 0.785. The molecule has 0 spiro atoms. The average molecular weight is 290 g/mol. The lowest BCUT2D eigenvalue weighted by Crippen LogP contribution is -2.22. The fraction of sp³-hybridized carbons (Fsp3) is 0.700. The van der Waals surface area contributed by atoms with E-state index in [1.165, 1.54) is 26.1 Å². The normalized spacial score (nSPS) is 22.1. The molecule has 0 saturated carbocycles. The zero-order valence-corrected chi connectivity index (χ0v) is 11.3. The van der Waals surface area contributed by atoms with Gasteiger partial charge in [0.1, 0.15) is 4.60 Å². The first-order valence-electron chi connectivity index (χ1n) is 5.35. The van der Waals surface area contributed by atoms with Crippen molar-refractivity contribution in [2.45, 2.75) is 13.3 Å². The molecule has 1 aliphatic rings. The van der Waals surface area contributed by atoms with Gasteiger partial charge in [-0.1, -0.05) is 6.92 Å². The summed E-state index contributed by atoms with van der Waals surface area (Å²) in [5.74, 6) is 0.785. The number of thiazole rings is 1. The molecular weight excluding hydrogens is 274 g/mol. The Morgan fingerprint density at radius 3 is 3.20 bits per heavy atom. The summed E-state index contributed by atoms with van der Waals surface area (Å²) < 4.78 is 0.927. The molecule has 1 atom stereocenters. The molecule has 0 aromatic carbocycles. The molecule has 0 radical (unpaired) electrons. The average Bonchev–Trinajstić information content (AvgIpc) is 2.83. The Hall–Kier alpha value is -0.130. The molecule has 5 heteroatoms. The molecule has 2 rings (SSSR count). The van der Waals surface area contributed by atoms with Crippen LogP contribution in [0.3, 0.4) is 0 Å². The van der Waals surface area contributed by atoms with Crippen LogP contribution in [0.4, 0.5) is 5.13 Å². The summed E-state index contributed by atoms with van der Waals surface area (Å²) in [6.45, 7) is 6.95. The van der Waals surface area contributed by atoms with Crippen LogP contribution in [-0.2, 0) is 0 Å². The van der Waals surface area contributed by atoms with Gasteiger partial charge in [0.05, 0.1) is 0 Å². The second-order valence-corrected chi connectivity index (χ2v) is 5.57. The van der Waals surface area contributed by atoms with Crippen molar-refractivity contribution >= 4 is 32.4 Å². The topological polar surface area (TPSA) is 28.2 Å². The Balaban J connectivity index is 1.75. The Bertz CT molecular complexity index is 315. The molecule has 0 bridgehead atoms. The quantitative estimate of drug-likeness (QED) is 0.924. The summed E-state index contributed by atoms with van der Waals surface area (Å²) in [6, 6.07) is 0. The minimum Gasteiger partial charge on any atom is -0.361 e. The maximum absolute atomic E-state index is 4.32. The summed E-state index contributed by atoms with van der Waals surface area (Å²) in [4.78, 5) is 6.83. The van der Waals surface area contributed by atoms with Crippen LogP contribution in [0.25, 0.3) is 0 Å². The number of anilines is 1. The van der Waals surface area contributed by atoms with E-state index in [4.69, 9.17) is 0 Å². The van der Waals surface area contributed by atoms with E-state index in [9.17, 15) is 0 Å². The molecule has 0 amide bonds.